The van der Waals surface area contributed by atoms with Gasteiger partial charge in [-0.1, -0.05) is 67.1 Å². The van der Waals surface area contributed by atoms with E-state index in [1.165, 1.54) is 5.56 Å². The average molecular weight is 502 g/mol. The lowest BCUT2D eigenvalue weighted by Gasteiger charge is -2.41. The highest BCUT2D eigenvalue weighted by Crippen LogP contribution is 2.43. The predicted molar refractivity (Wildman–Crippen MR) is 142 cm³/mol. The Morgan fingerprint density at radius 2 is 1.84 bits per heavy atom. The third-order valence-electron chi connectivity index (χ3n) is 7.74. The quantitative estimate of drug-likeness (QED) is 0.528. The van der Waals surface area contributed by atoms with Gasteiger partial charge in [0.2, 0.25) is 0 Å². The van der Waals surface area contributed by atoms with Crippen LogP contribution in [0.1, 0.15) is 54.7 Å². The molecule has 37 heavy (non-hydrogen) atoms. The van der Waals surface area contributed by atoms with Gasteiger partial charge >= 0.3 is 6.09 Å². The molecule has 2 fully saturated rings. The molecule has 3 N–H and O–H groups in total. The van der Waals surface area contributed by atoms with Crippen molar-refractivity contribution in [3.8, 4) is 11.3 Å². The molecule has 5 rings (SSSR count). The Balaban J connectivity index is 1.54. The number of hydrogen-bond donors (Lipinski definition) is 2. The fourth-order valence-corrected chi connectivity index (χ4v) is 5.94. The number of imidazole rings is 1. The normalized spacial score (nSPS) is 24.0. The summed E-state index contributed by atoms with van der Waals surface area (Å²) >= 11 is 0. The molecular formula is C29H35N5O3. The Hall–Kier alpha value is -3.65. The van der Waals surface area contributed by atoms with Gasteiger partial charge in [0.05, 0.1) is 18.1 Å². The number of carbonyl (C=O) groups excluding carboxylic acids is 2. The molecule has 3 atom stereocenters. The van der Waals surface area contributed by atoms with Crippen LogP contribution in [0.25, 0.3) is 11.3 Å². The highest BCUT2D eigenvalue weighted by Gasteiger charge is 2.43. The lowest BCUT2D eigenvalue weighted by molar-refractivity contribution is -0.0354. The zero-order valence-electron chi connectivity index (χ0n) is 21.3. The van der Waals surface area contributed by atoms with Gasteiger partial charge in [0.1, 0.15) is 5.60 Å². The van der Waals surface area contributed by atoms with Gasteiger partial charge in [-0.05, 0) is 38.2 Å². The van der Waals surface area contributed by atoms with E-state index in [1.54, 1.807) is 6.33 Å². The Labute approximate surface area is 217 Å². The largest absolute Gasteiger partial charge is 0.441 e. The number of hydrogen-bond acceptors (Lipinski definition) is 5. The molecule has 2 amide bonds. The van der Waals surface area contributed by atoms with Crippen molar-refractivity contribution in [2.45, 2.75) is 56.7 Å². The van der Waals surface area contributed by atoms with E-state index >= 15 is 0 Å². The highest BCUT2D eigenvalue weighted by atomic mass is 16.6. The second kappa shape index (κ2) is 10.8. The molecule has 0 bridgehead atoms. The Morgan fingerprint density at radius 3 is 2.57 bits per heavy atom. The van der Waals surface area contributed by atoms with E-state index in [-0.39, 0.29) is 18.0 Å². The number of primary amides is 1. The Kier molecular flexibility index (Phi) is 7.28. The van der Waals surface area contributed by atoms with Gasteiger partial charge in [-0.2, -0.15) is 0 Å². The van der Waals surface area contributed by atoms with Crippen LogP contribution in [0, 0.1) is 0 Å². The summed E-state index contributed by atoms with van der Waals surface area (Å²) in [6.45, 7) is 4.02. The molecule has 1 aliphatic carbocycles. The molecule has 8 heteroatoms. The standard InChI is InChI=1S/C29H35N5O3/c1-29(37-28(30)36)15-9-8-14-24(29)34-20-32-25(26(34)22-12-6-3-7-13-22)27(35)33-17-16-31-19-23(33)18-21-10-4-2-5-11-21/h2-7,10-13,20,23-24,31H,8-9,14-19H2,1H3,(H2,30,36)/t23?,24-,29-/m0/s1. The first-order valence-electron chi connectivity index (χ1n) is 13.1. The van der Waals surface area contributed by atoms with Crippen molar-refractivity contribution >= 4 is 12.0 Å². The summed E-state index contributed by atoms with van der Waals surface area (Å²) in [7, 11) is 0. The third-order valence-corrected chi connectivity index (χ3v) is 7.74. The molecule has 2 aliphatic rings. The molecule has 1 unspecified atom stereocenters. The zero-order valence-corrected chi connectivity index (χ0v) is 21.3. The molecule has 2 heterocycles. The molecule has 1 aromatic heterocycles. The summed E-state index contributed by atoms with van der Waals surface area (Å²) in [5.74, 6) is -0.0756. The predicted octanol–water partition coefficient (Wildman–Crippen LogP) is 4.18. The van der Waals surface area contributed by atoms with Gasteiger partial charge in [0.25, 0.3) is 5.91 Å². The van der Waals surface area contributed by atoms with E-state index in [1.807, 2.05) is 64.9 Å². The zero-order chi connectivity index (χ0) is 25.8. The van der Waals surface area contributed by atoms with Crippen molar-refractivity contribution in [1.29, 1.82) is 0 Å². The van der Waals surface area contributed by atoms with Crippen molar-refractivity contribution in [1.82, 2.24) is 19.8 Å². The van der Waals surface area contributed by atoms with E-state index in [2.05, 4.69) is 17.4 Å². The first kappa shape index (κ1) is 25.0. The molecule has 1 aliphatic heterocycles. The molecule has 194 valence electrons. The summed E-state index contributed by atoms with van der Waals surface area (Å²) in [5, 5.41) is 3.44. The highest BCUT2D eigenvalue weighted by molar-refractivity contribution is 5.98. The van der Waals surface area contributed by atoms with Gasteiger partial charge in [-0.3, -0.25) is 4.79 Å². The minimum atomic E-state index is -0.781. The van der Waals surface area contributed by atoms with E-state index in [9.17, 15) is 9.59 Å². The molecule has 1 saturated carbocycles. The van der Waals surface area contributed by atoms with Crippen molar-refractivity contribution in [3.05, 3.63) is 78.2 Å². The Morgan fingerprint density at radius 1 is 1.11 bits per heavy atom. The van der Waals surface area contributed by atoms with Gasteiger partial charge in [-0.15, -0.1) is 0 Å². The monoisotopic (exact) mass is 501 g/mol. The van der Waals surface area contributed by atoms with E-state index < -0.39 is 11.7 Å². The SMILES string of the molecule is C[C@]1(OC(N)=O)CCCC[C@@H]1n1cnc(C(=O)N2CCNCC2Cc2ccccc2)c1-c1ccccc1. The second-order valence-corrected chi connectivity index (χ2v) is 10.3. The van der Waals surface area contributed by atoms with Crippen molar-refractivity contribution < 1.29 is 14.3 Å². The molecule has 3 aromatic rings. The molecule has 0 spiro atoms. The van der Waals surface area contributed by atoms with Crippen molar-refractivity contribution in [2.75, 3.05) is 19.6 Å². The first-order chi connectivity index (χ1) is 18.0. The fraction of sp³-hybridized carbons (Fsp3) is 0.414. The minimum absolute atomic E-state index is 0.0237. The number of nitrogens with two attached hydrogens (primary N) is 1. The summed E-state index contributed by atoms with van der Waals surface area (Å²) < 4.78 is 7.73. The number of nitrogens with zero attached hydrogens (tertiary/aromatic N) is 3. The third kappa shape index (κ3) is 5.25. The van der Waals surface area contributed by atoms with Crippen LogP contribution in [-0.2, 0) is 11.2 Å². The summed E-state index contributed by atoms with van der Waals surface area (Å²) in [6.07, 6.45) is 5.18. The van der Waals surface area contributed by atoms with Crippen LogP contribution in [0.4, 0.5) is 4.79 Å². The maximum atomic E-state index is 14.1. The molecule has 1 saturated heterocycles. The average Bonchev–Trinajstić information content (AvgIpc) is 3.34. The van der Waals surface area contributed by atoms with Crippen LogP contribution in [0.15, 0.2) is 67.0 Å². The summed E-state index contributed by atoms with van der Waals surface area (Å²) in [6, 6.07) is 20.0. The smallest absolute Gasteiger partial charge is 0.405 e. The molecule has 8 nitrogen and oxygen atoms in total. The van der Waals surface area contributed by atoms with Gasteiger partial charge in [0, 0.05) is 31.2 Å². The minimum Gasteiger partial charge on any atom is -0.441 e. The van der Waals surface area contributed by atoms with E-state index in [0.717, 1.165) is 50.0 Å². The van der Waals surface area contributed by atoms with Crippen molar-refractivity contribution in [3.63, 3.8) is 0 Å². The first-order valence-corrected chi connectivity index (χ1v) is 13.1. The second-order valence-electron chi connectivity index (χ2n) is 10.3. The van der Waals surface area contributed by atoms with Crippen LogP contribution in [0.2, 0.25) is 0 Å². The summed E-state index contributed by atoms with van der Waals surface area (Å²) in [4.78, 5) is 32.6. The van der Waals surface area contributed by atoms with E-state index in [0.29, 0.717) is 18.7 Å². The van der Waals surface area contributed by atoms with E-state index in [4.69, 9.17) is 15.5 Å². The fourth-order valence-electron chi connectivity index (χ4n) is 5.94. The Bertz CT molecular complexity index is 1230. The maximum Gasteiger partial charge on any atom is 0.405 e. The topological polar surface area (TPSA) is 102 Å². The lowest BCUT2D eigenvalue weighted by Crippen LogP contribution is -2.54. The van der Waals surface area contributed by atoms with Crippen LogP contribution in [-0.4, -0.2) is 57.7 Å². The lowest BCUT2D eigenvalue weighted by atomic mass is 9.81. The number of benzene rings is 2. The molecular weight excluding hydrogens is 466 g/mol. The van der Waals surface area contributed by atoms with Gasteiger partial charge < -0.3 is 25.3 Å². The van der Waals surface area contributed by atoms with Gasteiger partial charge in [0.15, 0.2) is 5.69 Å². The number of aromatic nitrogens is 2. The molecule has 2 aromatic carbocycles. The number of amides is 2. The van der Waals surface area contributed by atoms with Crippen LogP contribution < -0.4 is 11.1 Å². The number of nitrogens with one attached hydrogen (secondary N) is 1. The number of piperazine rings is 1. The number of ether oxygens (including phenoxy) is 1. The van der Waals surface area contributed by atoms with Gasteiger partial charge in [-0.25, -0.2) is 9.78 Å². The maximum absolute atomic E-state index is 14.1. The van der Waals surface area contributed by atoms with Crippen molar-refractivity contribution in [2.24, 2.45) is 5.73 Å². The summed E-state index contributed by atoms with van der Waals surface area (Å²) in [5.41, 5.74) is 7.99. The van der Waals surface area contributed by atoms with Crippen LogP contribution >= 0.6 is 0 Å². The van der Waals surface area contributed by atoms with Crippen LogP contribution in [0.3, 0.4) is 0 Å². The number of carbonyl (C=O) groups is 2. The molecule has 0 radical (unpaired) electrons. The van der Waals surface area contributed by atoms with Crippen LogP contribution in [0.5, 0.6) is 0 Å². The number of rotatable bonds is 6.